The first-order chi connectivity index (χ1) is 16.0. The van der Waals surface area contributed by atoms with Crippen LogP contribution in [0.5, 0.6) is 0 Å². The number of aryl methyl sites for hydroxylation is 3. The summed E-state index contributed by atoms with van der Waals surface area (Å²) in [5, 5.41) is 0.716. The number of nitrogens with zero attached hydrogens (tertiary/aromatic N) is 1. The topological polar surface area (TPSA) is 56.3 Å². The van der Waals surface area contributed by atoms with Crippen LogP contribution in [-0.4, -0.2) is 23.3 Å². The summed E-state index contributed by atoms with van der Waals surface area (Å²) < 4.78 is 5.46. The third kappa shape index (κ3) is 4.85. The van der Waals surface area contributed by atoms with Gasteiger partial charge < -0.3 is 4.74 Å². The van der Waals surface area contributed by atoms with Crippen molar-refractivity contribution in [1.82, 2.24) is 4.98 Å². The molecule has 1 aromatic heterocycles. The molecule has 0 fully saturated rings. The molecule has 4 aromatic rings. The lowest BCUT2D eigenvalue weighted by Gasteiger charge is -2.12. The molecule has 4 heteroatoms. The van der Waals surface area contributed by atoms with Gasteiger partial charge in [-0.1, -0.05) is 80.6 Å². The number of hydrogen-bond acceptors (Lipinski definition) is 4. The zero-order chi connectivity index (χ0) is 23.4. The first-order valence-electron chi connectivity index (χ1n) is 11.3. The molecule has 0 atom stereocenters. The van der Waals surface area contributed by atoms with Crippen LogP contribution in [-0.2, 0) is 17.6 Å². The van der Waals surface area contributed by atoms with Gasteiger partial charge in [0.15, 0.2) is 12.4 Å². The second-order valence-corrected chi connectivity index (χ2v) is 8.13. The molecule has 0 amide bonds. The number of rotatable bonds is 7. The Morgan fingerprint density at radius 2 is 1.48 bits per heavy atom. The van der Waals surface area contributed by atoms with Crippen LogP contribution < -0.4 is 0 Å². The Bertz CT molecular complexity index is 1310. The number of pyridine rings is 1. The van der Waals surface area contributed by atoms with Gasteiger partial charge in [-0.15, -0.1) is 0 Å². The van der Waals surface area contributed by atoms with Crippen LogP contribution in [0.2, 0.25) is 0 Å². The highest BCUT2D eigenvalue weighted by atomic mass is 16.5. The van der Waals surface area contributed by atoms with E-state index in [-0.39, 0.29) is 12.4 Å². The number of para-hydroxylation sites is 1. The number of ketones is 1. The molecular formula is C29H27NO3. The SMILES string of the molecule is CCc1ccc(C(=O)COC(=O)c2cc(-c3ccc(CC)cc3)nc3c(C)cccc23)cc1. The van der Waals surface area contributed by atoms with Gasteiger partial charge >= 0.3 is 5.97 Å². The lowest BCUT2D eigenvalue weighted by molar-refractivity contribution is 0.0476. The summed E-state index contributed by atoms with van der Waals surface area (Å²) in [5.41, 5.74) is 6.69. The molecule has 4 rings (SSSR count). The monoisotopic (exact) mass is 437 g/mol. The van der Waals surface area contributed by atoms with Crippen molar-refractivity contribution < 1.29 is 14.3 Å². The number of benzene rings is 3. The summed E-state index contributed by atoms with van der Waals surface area (Å²) >= 11 is 0. The van der Waals surface area contributed by atoms with Crippen LogP contribution in [0.4, 0.5) is 0 Å². The molecule has 0 aliphatic carbocycles. The Hall–Kier alpha value is -3.79. The largest absolute Gasteiger partial charge is 0.454 e. The first kappa shape index (κ1) is 22.4. The molecular weight excluding hydrogens is 410 g/mol. The zero-order valence-electron chi connectivity index (χ0n) is 19.2. The van der Waals surface area contributed by atoms with Crippen molar-refractivity contribution in [3.8, 4) is 11.3 Å². The maximum Gasteiger partial charge on any atom is 0.339 e. The van der Waals surface area contributed by atoms with E-state index in [0.29, 0.717) is 22.2 Å². The minimum Gasteiger partial charge on any atom is -0.454 e. The van der Waals surface area contributed by atoms with Crippen LogP contribution in [0.3, 0.4) is 0 Å². The van der Waals surface area contributed by atoms with Crippen molar-refractivity contribution in [1.29, 1.82) is 0 Å². The third-order valence-corrected chi connectivity index (χ3v) is 5.94. The van der Waals surface area contributed by atoms with Crippen molar-refractivity contribution >= 4 is 22.7 Å². The van der Waals surface area contributed by atoms with Gasteiger partial charge in [-0.05, 0) is 42.5 Å². The molecule has 0 saturated heterocycles. The predicted octanol–water partition coefficient (Wildman–Crippen LogP) is 6.37. The summed E-state index contributed by atoms with van der Waals surface area (Å²) in [6.07, 6.45) is 1.86. The van der Waals surface area contributed by atoms with E-state index < -0.39 is 5.97 Å². The van der Waals surface area contributed by atoms with Crippen LogP contribution in [0.15, 0.2) is 72.8 Å². The fourth-order valence-electron chi connectivity index (χ4n) is 3.84. The molecule has 0 N–H and O–H groups in total. The van der Waals surface area contributed by atoms with Crippen molar-refractivity contribution in [3.63, 3.8) is 0 Å². The van der Waals surface area contributed by atoms with Gasteiger partial charge in [-0.2, -0.15) is 0 Å². The minimum atomic E-state index is -0.530. The molecule has 0 radical (unpaired) electrons. The minimum absolute atomic E-state index is 0.226. The number of fused-ring (bicyclic) bond motifs is 1. The van der Waals surface area contributed by atoms with Gasteiger partial charge in [0.2, 0.25) is 0 Å². The quantitative estimate of drug-likeness (QED) is 0.249. The van der Waals surface area contributed by atoms with Crippen LogP contribution in [0.25, 0.3) is 22.2 Å². The fraction of sp³-hybridized carbons (Fsp3) is 0.207. The van der Waals surface area contributed by atoms with E-state index in [1.807, 2.05) is 49.4 Å². The van der Waals surface area contributed by atoms with E-state index in [0.717, 1.165) is 35.0 Å². The maximum absolute atomic E-state index is 13.1. The number of carbonyl (C=O) groups is 2. The van der Waals surface area contributed by atoms with Crippen LogP contribution in [0.1, 0.15) is 51.3 Å². The standard InChI is InChI=1S/C29H27NO3/c1-4-20-9-13-22(14-10-20)26-17-25(24-8-6-7-19(3)28(24)30-26)29(32)33-18-27(31)23-15-11-21(5-2)12-16-23/h6-17H,4-5,18H2,1-3H3. The Morgan fingerprint density at radius 3 is 2.12 bits per heavy atom. The molecule has 4 nitrogen and oxygen atoms in total. The lowest BCUT2D eigenvalue weighted by Crippen LogP contribution is -2.15. The van der Waals surface area contributed by atoms with E-state index in [1.54, 1.807) is 18.2 Å². The van der Waals surface area contributed by atoms with Gasteiger partial charge in [0.05, 0.1) is 16.8 Å². The van der Waals surface area contributed by atoms with E-state index in [1.165, 1.54) is 5.56 Å². The first-order valence-corrected chi connectivity index (χ1v) is 11.3. The number of carbonyl (C=O) groups excluding carboxylic acids is 2. The van der Waals surface area contributed by atoms with E-state index in [2.05, 4.69) is 26.0 Å². The average Bonchev–Trinajstić information content (AvgIpc) is 2.87. The Balaban J connectivity index is 1.64. The summed E-state index contributed by atoms with van der Waals surface area (Å²) in [6.45, 7) is 5.84. The molecule has 0 aliphatic rings. The average molecular weight is 438 g/mol. The van der Waals surface area contributed by atoms with E-state index >= 15 is 0 Å². The lowest BCUT2D eigenvalue weighted by atomic mass is 10.0. The highest BCUT2D eigenvalue weighted by Crippen LogP contribution is 2.27. The van der Waals surface area contributed by atoms with Gasteiger partial charge in [-0.25, -0.2) is 9.78 Å². The Morgan fingerprint density at radius 1 is 0.848 bits per heavy atom. The number of esters is 1. The van der Waals surface area contributed by atoms with Crippen LogP contribution in [0, 0.1) is 6.92 Å². The highest BCUT2D eigenvalue weighted by Gasteiger charge is 2.18. The molecule has 0 saturated carbocycles. The zero-order valence-corrected chi connectivity index (χ0v) is 19.2. The van der Waals surface area contributed by atoms with Crippen molar-refractivity contribution in [2.45, 2.75) is 33.6 Å². The number of ether oxygens (including phenoxy) is 1. The fourth-order valence-corrected chi connectivity index (χ4v) is 3.84. The van der Waals surface area contributed by atoms with Gasteiger partial charge in [0.1, 0.15) is 0 Å². The van der Waals surface area contributed by atoms with Crippen LogP contribution >= 0.6 is 0 Å². The normalized spacial score (nSPS) is 10.9. The van der Waals surface area contributed by atoms with Gasteiger partial charge in [0, 0.05) is 16.5 Å². The molecule has 0 unspecified atom stereocenters. The maximum atomic E-state index is 13.1. The molecule has 3 aromatic carbocycles. The molecule has 33 heavy (non-hydrogen) atoms. The highest BCUT2D eigenvalue weighted by molar-refractivity contribution is 6.06. The molecule has 1 heterocycles. The smallest absolute Gasteiger partial charge is 0.339 e. The second kappa shape index (κ2) is 9.78. The number of Topliss-reactive ketones (excluding diaryl/α,β-unsaturated/α-hetero) is 1. The van der Waals surface area contributed by atoms with Gasteiger partial charge in [-0.3, -0.25) is 4.79 Å². The second-order valence-electron chi connectivity index (χ2n) is 8.13. The summed E-state index contributed by atoms with van der Waals surface area (Å²) in [6, 6.07) is 23.1. The Labute approximate surface area is 194 Å². The van der Waals surface area contributed by atoms with Gasteiger partial charge in [0.25, 0.3) is 0 Å². The van der Waals surface area contributed by atoms with Crippen molar-refractivity contribution in [2.75, 3.05) is 6.61 Å². The van der Waals surface area contributed by atoms with E-state index in [4.69, 9.17) is 9.72 Å². The molecule has 0 bridgehead atoms. The van der Waals surface area contributed by atoms with Crippen molar-refractivity contribution in [2.24, 2.45) is 0 Å². The van der Waals surface area contributed by atoms with E-state index in [9.17, 15) is 9.59 Å². The molecule has 0 spiro atoms. The molecule has 0 aliphatic heterocycles. The summed E-state index contributed by atoms with van der Waals surface area (Å²) in [5.74, 6) is -0.756. The molecule has 166 valence electrons. The summed E-state index contributed by atoms with van der Waals surface area (Å²) in [7, 11) is 0. The third-order valence-electron chi connectivity index (χ3n) is 5.94. The Kier molecular flexibility index (Phi) is 6.64. The van der Waals surface area contributed by atoms with Crippen molar-refractivity contribution in [3.05, 3.63) is 101 Å². The summed E-state index contributed by atoms with van der Waals surface area (Å²) in [4.78, 5) is 30.5. The number of hydrogen-bond donors (Lipinski definition) is 0. The number of aromatic nitrogens is 1. The predicted molar refractivity (Wildman–Crippen MR) is 132 cm³/mol.